The molecule has 6 nitrogen and oxygen atoms in total. The largest absolute Gasteiger partial charge is 0.356 e. The fourth-order valence-corrected chi connectivity index (χ4v) is 5.83. The zero-order chi connectivity index (χ0) is 21.7. The minimum absolute atomic E-state index is 0.196. The van der Waals surface area contributed by atoms with Gasteiger partial charge in [-0.05, 0) is 48.9 Å². The molecule has 2 aromatic carbocycles. The first-order chi connectivity index (χ1) is 15.0. The van der Waals surface area contributed by atoms with Gasteiger partial charge in [0.15, 0.2) is 5.96 Å². The Kier molecular flexibility index (Phi) is 6.62. The predicted octanol–water partition coefficient (Wildman–Crippen LogP) is 3.26. The van der Waals surface area contributed by atoms with E-state index in [9.17, 15) is 8.42 Å². The van der Waals surface area contributed by atoms with Gasteiger partial charge in [0.2, 0.25) is 10.0 Å². The highest BCUT2D eigenvalue weighted by atomic mass is 32.2. The van der Waals surface area contributed by atoms with Crippen LogP contribution in [0.5, 0.6) is 0 Å². The first kappa shape index (κ1) is 21.8. The van der Waals surface area contributed by atoms with Gasteiger partial charge in [0, 0.05) is 38.6 Å². The number of piperidine rings is 1. The summed E-state index contributed by atoms with van der Waals surface area (Å²) in [6.07, 6.45) is 5.34. The number of benzene rings is 2. The second-order valence-corrected chi connectivity index (χ2v) is 10.5. The Hall–Kier alpha value is -2.38. The number of rotatable bonds is 7. The molecule has 166 valence electrons. The Morgan fingerprint density at radius 2 is 1.74 bits per heavy atom. The van der Waals surface area contributed by atoms with Crippen molar-refractivity contribution in [1.82, 2.24) is 14.9 Å². The summed E-state index contributed by atoms with van der Waals surface area (Å²) in [6.45, 7) is 2.58. The molecule has 1 aliphatic heterocycles. The van der Waals surface area contributed by atoms with Crippen molar-refractivity contribution in [3.63, 3.8) is 0 Å². The van der Waals surface area contributed by atoms with Crippen molar-refractivity contribution < 1.29 is 8.42 Å². The summed E-state index contributed by atoms with van der Waals surface area (Å²) in [6, 6.07) is 17.8. The lowest BCUT2D eigenvalue weighted by Gasteiger charge is -2.26. The van der Waals surface area contributed by atoms with Gasteiger partial charge < -0.3 is 10.6 Å². The minimum atomic E-state index is -3.42. The van der Waals surface area contributed by atoms with Crippen LogP contribution in [0.15, 0.2) is 64.5 Å². The first-order valence-electron chi connectivity index (χ1n) is 11.1. The molecule has 0 unspecified atom stereocenters. The van der Waals surface area contributed by atoms with Crippen molar-refractivity contribution in [3.8, 4) is 0 Å². The normalized spacial score (nSPS) is 19.1. The summed E-state index contributed by atoms with van der Waals surface area (Å²) in [4.78, 5) is 4.71. The Labute approximate surface area is 185 Å². The van der Waals surface area contributed by atoms with Crippen LogP contribution in [0.25, 0.3) is 0 Å². The van der Waals surface area contributed by atoms with Crippen LogP contribution < -0.4 is 10.6 Å². The maximum Gasteiger partial charge on any atom is 0.243 e. The van der Waals surface area contributed by atoms with E-state index >= 15 is 0 Å². The van der Waals surface area contributed by atoms with Crippen LogP contribution in [0, 0.1) is 0 Å². The molecular formula is C24H32N4O2S. The Morgan fingerprint density at radius 3 is 2.42 bits per heavy atom. The van der Waals surface area contributed by atoms with Crippen molar-refractivity contribution in [1.29, 1.82) is 0 Å². The number of guanidine groups is 1. The van der Waals surface area contributed by atoms with E-state index in [-0.39, 0.29) is 5.41 Å². The van der Waals surface area contributed by atoms with Gasteiger partial charge in [0.1, 0.15) is 0 Å². The molecule has 2 aliphatic rings. The third-order valence-electron chi connectivity index (χ3n) is 6.37. The van der Waals surface area contributed by atoms with E-state index < -0.39 is 10.0 Å². The summed E-state index contributed by atoms with van der Waals surface area (Å²) >= 11 is 0. The summed E-state index contributed by atoms with van der Waals surface area (Å²) < 4.78 is 27.5. The second-order valence-electron chi connectivity index (χ2n) is 8.54. The lowest BCUT2D eigenvalue weighted by atomic mass is 9.96. The van der Waals surface area contributed by atoms with Gasteiger partial charge in [-0.15, -0.1) is 0 Å². The highest BCUT2D eigenvalue weighted by molar-refractivity contribution is 7.89. The number of sulfonamides is 1. The lowest BCUT2D eigenvalue weighted by Crippen LogP contribution is -2.41. The SMILES string of the molecule is CN=C(NCc1cccc(S(=O)(=O)N2CCCCC2)c1)NCC1(c2ccccc2)CC1. The third kappa shape index (κ3) is 5.10. The van der Waals surface area contributed by atoms with Gasteiger partial charge in [-0.1, -0.05) is 48.9 Å². The third-order valence-corrected chi connectivity index (χ3v) is 8.26. The van der Waals surface area contributed by atoms with Gasteiger partial charge in [-0.25, -0.2) is 8.42 Å². The first-order valence-corrected chi connectivity index (χ1v) is 12.6. The molecule has 0 aromatic heterocycles. The standard InChI is InChI=1S/C24H32N4O2S/c1-25-23(27-19-24(13-14-24)21-10-4-2-5-11-21)26-18-20-9-8-12-22(17-20)31(29,30)28-15-6-3-7-16-28/h2,4-5,8-12,17H,3,6-7,13-16,18-19H2,1H3,(H2,25,26,27). The highest BCUT2D eigenvalue weighted by Gasteiger charge is 2.44. The van der Waals surface area contributed by atoms with Crippen LogP contribution in [0.2, 0.25) is 0 Å². The molecule has 1 aliphatic carbocycles. The number of nitrogens with one attached hydrogen (secondary N) is 2. The van der Waals surface area contributed by atoms with Crippen LogP contribution in [0.1, 0.15) is 43.2 Å². The van der Waals surface area contributed by atoms with E-state index in [2.05, 4.69) is 39.9 Å². The van der Waals surface area contributed by atoms with Gasteiger partial charge in [-0.2, -0.15) is 4.31 Å². The molecule has 0 spiro atoms. The van der Waals surface area contributed by atoms with E-state index in [1.807, 2.05) is 18.2 Å². The maximum atomic E-state index is 13.0. The van der Waals surface area contributed by atoms with Gasteiger partial charge in [0.05, 0.1) is 4.90 Å². The Morgan fingerprint density at radius 1 is 1.00 bits per heavy atom. The Bertz CT molecular complexity index is 1010. The molecule has 0 atom stereocenters. The van der Waals surface area contributed by atoms with Crippen LogP contribution in [-0.2, 0) is 22.0 Å². The smallest absolute Gasteiger partial charge is 0.243 e. The predicted molar refractivity (Wildman–Crippen MR) is 125 cm³/mol. The maximum absolute atomic E-state index is 13.0. The average Bonchev–Trinajstić information content (AvgIpc) is 3.62. The van der Waals surface area contributed by atoms with Gasteiger partial charge >= 0.3 is 0 Å². The van der Waals surface area contributed by atoms with E-state index in [1.54, 1.807) is 23.5 Å². The molecule has 0 bridgehead atoms. The monoisotopic (exact) mass is 440 g/mol. The molecule has 1 saturated carbocycles. The van der Waals surface area contributed by atoms with Crippen LogP contribution in [0.4, 0.5) is 0 Å². The fourth-order valence-electron chi connectivity index (χ4n) is 4.24. The molecule has 2 fully saturated rings. The van der Waals surface area contributed by atoms with E-state index in [0.29, 0.717) is 24.5 Å². The van der Waals surface area contributed by atoms with E-state index in [0.717, 1.165) is 37.3 Å². The molecule has 0 radical (unpaired) electrons. The number of nitrogens with zero attached hydrogens (tertiary/aromatic N) is 2. The summed E-state index contributed by atoms with van der Waals surface area (Å²) in [5.74, 6) is 0.728. The van der Waals surface area contributed by atoms with Crippen molar-refractivity contribution in [2.24, 2.45) is 4.99 Å². The summed E-state index contributed by atoms with van der Waals surface area (Å²) in [5.41, 5.74) is 2.49. The lowest BCUT2D eigenvalue weighted by molar-refractivity contribution is 0.346. The van der Waals surface area contributed by atoms with Gasteiger partial charge in [0.25, 0.3) is 0 Å². The fraction of sp³-hybridized carbons (Fsp3) is 0.458. The van der Waals surface area contributed by atoms with E-state index in [4.69, 9.17) is 0 Å². The Balaban J connectivity index is 1.36. The molecular weight excluding hydrogens is 408 g/mol. The van der Waals surface area contributed by atoms with Crippen molar-refractivity contribution >= 4 is 16.0 Å². The zero-order valence-electron chi connectivity index (χ0n) is 18.2. The highest BCUT2D eigenvalue weighted by Crippen LogP contribution is 2.47. The minimum Gasteiger partial charge on any atom is -0.356 e. The molecule has 2 aromatic rings. The molecule has 2 N–H and O–H groups in total. The molecule has 7 heteroatoms. The molecule has 0 amide bonds. The molecule has 4 rings (SSSR count). The van der Waals surface area contributed by atoms with Crippen molar-refractivity contribution in [3.05, 3.63) is 65.7 Å². The van der Waals surface area contributed by atoms with Gasteiger partial charge in [-0.3, -0.25) is 4.99 Å². The van der Waals surface area contributed by atoms with Crippen molar-refractivity contribution in [2.45, 2.75) is 49.0 Å². The quantitative estimate of drug-likeness (QED) is 0.512. The summed E-state index contributed by atoms with van der Waals surface area (Å²) in [5, 5.41) is 6.78. The van der Waals surface area contributed by atoms with Crippen LogP contribution in [-0.4, -0.2) is 45.4 Å². The van der Waals surface area contributed by atoms with Crippen LogP contribution in [0.3, 0.4) is 0 Å². The number of hydrogen-bond donors (Lipinski definition) is 2. The zero-order valence-corrected chi connectivity index (χ0v) is 19.0. The van der Waals surface area contributed by atoms with Crippen molar-refractivity contribution in [2.75, 3.05) is 26.7 Å². The van der Waals surface area contributed by atoms with Crippen LogP contribution >= 0.6 is 0 Å². The molecule has 1 saturated heterocycles. The molecule has 1 heterocycles. The topological polar surface area (TPSA) is 73.8 Å². The average molecular weight is 441 g/mol. The van der Waals surface area contributed by atoms with E-state index in [1.165, 1.54) is 18.4 Å². The molecule has 31 heavy (non-hydrogen) atoms. The summed E-state index contributed by atoms with van der Waals surface area (Å²) in [7, 11) is -1.66. The number of aliphatic imine (C=N–C) groups is 1. The number of hydrogen-bond acceptors (Lipinski definition) is 3. The second kappa shape index (κ2) is 9.40.